The fraction of sp³-hybridized carbons (Fsp3) is 0.455. The lowest BCUT2D eigenvalue weighted by molar-refractivity contribution is 0.144. The van der Waals surface area contributed by atoms with Crippen LogP contribution in [0.2, 0.25) is 0 Å². The Kier molecular flexibility index (Phi) is 3.03. The Morgan fingerprint density at radius 1 is 1.71 bits per heavy atom. The van der Waals surface area contributed by atoms with Gasteiger partial charge in [0, 0.05) is 19.0 Å². The molecule has 6 heteroatoms. The summed E-state index contributed by atoms with van der Waals surface area (Å²) in [7, 11) is 0. The van der Waals surface area contributed by atoms with Crippen molar-refractivity contribution in [3.05, 3.63) is 17.8 Å². The van der Waals surface area contributed by atoms with Gasteiger partial charge in [-0.15, -0.1) is 0 Å². The Balaban J connectivity index is 1.98. The minimum Gasteiger partial charge on any atom is -0.472 e. The summed E-state index contributed by atoms with van der Waals surface area (Å²) in [5.74, 6) is 0.494. The third kappa shape index (κ3) is 2.58. The number of ether oxygens (including phenoxy) is 1. The maximum Gasteiger partial charge on any atom is 0.407 e. The number of nitrogens with zero attached hydrogens (tertiary/aromatic N) is 2. The SMILES string of the molecule is Cc1cc(OC2CCN(C(=O)O)C2)ncc1N. The van der Waals surface area contributed by atoms with E-state index < -0.39 is 6.09 Å². The van der Waals surface area contributed by atoms with Gasteiger partial charge in [-0.05, 0) is 12.5 Å². The van der Waals surface area contributed by atoms with Gasteiger partial charge in [-0.25, -0.2) is 9.78 Å². The molecule has 1 unspecified atom stereocenters. The quantitative estimate of drug-likeness (QED) is 0.804. The van der Waals surface area contributed by atoms with Crippen LogP contribution in [0.4, 0.5) is 10.5 Å². The van der Waals surface area contributed by atoms with Gasteiger partial charge in [-0.1, -0.05) is 0 Å². The van der Waals surface area contributed by atoms with Crippen LogP contribution in [0.3, 0.4) is 0 Å². The molecular weight excluding hydrogens is 222 g/mol. The van der Waals surface area contributed by atoms with Crippen molar-refractivity contribution in [3.8, 4) is 5.88 Å². The summed E-state index contributed by atoms with van der Waals surface area (Å²) in [4.78, 5) is 16.1. The second kappa shape index (κ2) is 4.48. The van der Waals surface area contributed by atoms with Crippen molar-refractivity contribution < 1.29 is 14.6 Å². The molecule has 3 N–H and O–H groups in total. The van der Waals surface area contributed by atoms with Crippen LogP contribution in [0.25, 0.3) is 0 Å². The molecule has 1 fully saturated rings. The van der Waals surface area contributed by atoms with E-state index in [0.717, 1.165) is 5.56 Å². The van der Waals surface area contributed by atoms with Gasteiger partial charge in [-0.2, -0.15) is 0 Å². The number of carbonyl (C=O) groups is 1. The van der Waals surface area contributed by atoms with Gasteiger partial charge in [0.1, 0.15) is 6.10 Å². The molecule has 0 radical (unpaired) electrons. The van der Waals surface area contributed by atoms with Crippen molar-refractivity contribution >= 4 is 11.8 Å². The van der Waals surface area contributed by atoms with Crippen molar-refractivity contribution in [2.24, 2.45) is 0 Å². The summed E-state index contributed by atoms with van der Waals surface area (Å²) in [6, 6.07) is 1.76. The maximum atomic E-state index is 10.7. The summed E-state index contributed by atoms with van der Waals surface area (Å²) < 4.78 is 5.62. The Labute approximate surface area is 99.0 Å². The summed E-state index contributed by atoms with van der Waals surface area (Å²) in [6.07, 6.45) is 1.21. The highest BCUT2D eigenvalue weighted by atomic mass is 16.5. The number of nitrogens with two attached hydrogens (primary N) is 1. The zero-order chi connectivity index (χ0) is 12.4. The van der Waals surface area contributed by atoms with Crippen molar-refractivity contribution in [1.29, 1.82) is 0 Å². The molecule has 0 saturated carbocycles. The monoisotopic (exact) mass is 237 g/mol. The number of aryl methyl sites for hydroxylation is 1. The molecule has 1 amide bonds. The average Bonchev–Trinajstić information content (AvgIpc) is 2.72. The molecule has 0 bridgehead atoms. The summed E-state index contributed by atoms with van der Waals surface area (Å²) >= 11 is 0. The molecule has 1 aliphatic heterocycles. The van der Waals surface area contributed by atoms with Crippen LogP contribution in [0.1, 0.15) is 12.0 Å². The van der Waals surface area contributed by atoms with E-state index in [4.69, 9.17) is 15.6 Å². The Bertz CT molecular complexity index is 436. The highest BCUT2D eigenvalue weighted by molar-refractivity contribution is 5.65. The van der Waals surface area contributed by atoms with Gasteiger partial charge in [0.15, 0.2) is 0 Å². The molecule has 1 saturated heterocycles. The number of rotatable bonds is 2. The number of hydrogen-bond acceptors (Lipinski definition) is 4. The number of likely N-dealkylation sites (tertiary alicyclic amines) is 1. The van der Waals surface area contributed by atoms with Crippen molar-refractivity contribution in [3.63, 3.8) is 0 Å². The van der Waals surface area contributed by atoms with E-state index in [2.05, 4.69) is 4.98 Å². The molecule has 17 heavy (non-hydrogen) atoms. The molecule has 0 aromatic carbocycles. The zero-order valence-electron chi connectivity index (χ0n) is 9.59. The van der Waals surface area contributed by atoms with Crippen LogP contribution in [0.5, 0.6) is 5.88 Å². The first-order valence-electron chi connectivity index (χ1n) is 5.43. The van der Waals surface area contributed by atoms with Gasteiger partial charge in [0.25, 0.3) is 0 Å². The predicted octanol–water partition coefficient (Wildman–Crippen LogP) is 1.10. The lowest BCUT2D eigenvalue weighted by atomic mass is 10.2. The summed E-state index contributed by atoms with van der Waals surface area (Å²) in [5.41, 5.74) is 7.18. The first kappa shape index (κ1) is 11.5. The number of aromatic nitrogens is 1. The van der Waals surface area contributed by atoms with E-state index in [1.54, 1.807) is 12.3 Å². The molecule has 6 nitrogen and oxygen atoms in total. The highest BCUT2D eigenvalue weighted by Crippen LogP contribution is 2.19. The maximum absolute atomic E-state index is 10.7. The lowest BCUT2D eigenvalue weighted by Gasteiger charge is -2.14. The number of pyridine rings is 1. The van der Waals surface area contributed by atoms with Crippen LogP contribution in [0, 0.1) is 6.92 Å². The van der Waals surface area contributed by atoms with Crippen molar-refractivity contribution in [2.75, 3.05) is 18.8 Å². The van der Waals surface area contributed by atoms with Gasteiger partial charge < -0.3 is 20.5 Å². The second-order valence-electron chi connectivity index (χ2n) is 4.14. The van der Waals surface area contributed by atoms with Crippen LogP contribution in [0.15, 0.2) is 12.3 Å². The van der Waals surface area contributed by atoms with E-state index in [1.165, 1.54) is 4.90 Å². The summed E-state index contributed by atoms with van der Waals surface area (Å²) in [5, 5.41) is 8.82. The number of anilines is 1. The van der Waals surface area contributed by atoms with Crippen molar-refractivity contribution in [1.82, 2.24) is 9.88 Å². The molecule has 0 aliphatic carbocycles. The molecule has 1 aromatic heterocycles. The zero-order valence-corrected chi connectivity index (χ0v) is 9.59. The van der Waals surface area contributed by atoms with Crippen LogP contribution in [-0.4, -0.2) is 40.3 Å². The molecular formula is C11H15N3O3. The van der Waals surface area contributed by atoms with Gasteiger partial charge in [-0.3, -0.25) is 0 Å². The largest absolute Gasteiger partial charge is 0.472 e. The standard InChI is InChI=1S/C11H15N3O3/c1-7-4-10(13-5-9(7)12)17-8-2-3-14(6-8)11(15)16/h4-5,8H,2-3,6,12H2,1H3,(H,15,16). The van der Waals surface area contributed by atoms with E-state index in [-0.39, 0.29) is 6.10 Å². The second-order valence-corrected chi connectivity index (χ2v) is 4.14. The molecule has 2 rings (SSSR count). The predicted molar refractivity (Wildman–Crippen MR) is 62.0 cm³/mol. The molecule has 1 aliphatic rings. The molecule has 1 aromatic rings. The van der Waals surface area contributed by atoms with Crippen LogP contribution >= 0.6 is 0 Å². The molecule has 92 valence electrons. The Morgan fingerprint density at radius 3 is 3.06 bits per heavy atom. The van der Waals surface area contributed by atoms with Crippen LogP contribution in [-0.2, 0) is 0 Å². The Hall–Kier alpha value is -1.98. The molecule has 1 atom stereocenters. The minimum atomic E-state index is -0.905. The third-order valence-corrected chi connectivity index (χ3v) is 2.83. The van der Waals surface area contributed by atoms with E-state index in [0.29, 0.717) is 31.1 Å². The number of nitrogen functional groups attached to an aromatic ring is 1. The number of hydrogen-bond donors (Lipinski definition) is 2. The smallest absolute Gasteiger partial charge is 0.407 e. The Morgan fingerprint density at radius 2 is 2.47 bits per heavy atom. The van der Waals surface area contributed by atoms with Gasteiger partial charge >= 0.3 is 6.09 Å². The fourth-order valence-electron chi connectivity index (χ4n) is 1.77. The van der Waals surface area contributed by atoms with E-state index >= 15 is 0 Å². The highest BCUT2D eigenvalue weighted by Gasteiger charge is 2.27. The van der Waals surface area contributed by atoms with Gasteiger partial charge in [0.2, 0.25) is 5.88 Å². The first-order valence-corrected chi connectivity index (χ1v) is 5.43. The third-order valence-electron chi connectivity index (χ3n) is 2.83. The van der Waals surface area contributed by atoms with Crippen molar-refractivity contribution in [2.45, 2.75) is 19.4 Å². The fourth-order valence-corrected chi connectivity index (χ4v) is 1.77. The normalized spacial score (nSPS) is 19.4. The van der Waals surface area contributed by atoms with Crippen LogP contribution < -0.4 is 10.5 Å². The van der Waals surface area contributed by atoms with E-state index in [9.17, 15) is 4.79 Å². The van der Waals surface area contributed by atoms with Gasteiger partial charge in [0.05, 0.1) is 18.4 Å². The topological polar surface area (TPSA) is 88.7 Å². The minimum absolute atomic E-state index is 0.123. The summed E-state index contributed by atoms with van der Waals surface area (Å²) in [6.45, 7) is 2.77. The first-order chi connectivity index (χ1) is 8.06. The average molecular weight is 237 g/mol. The number of amides is 1. The lowest BCUT2D eigenvalue weighted by Crippen LogP contribution is -2.29. The molecule has 0 spiro atoms. The van der Waals surface area contributed by atoms with E-state index in [1.807, 2.05) is 6.92 Å². The molecule has 2 heterocycles. The number of carboxylic acid groups (broad SMARTS) is 1.